The van der Waals surface area contributed by atoms with Gasteiger partial charge in [-0.3, -0.25) is 0 Å². The number of hydrogen-bond donors (Lipinski definition) is 1. The normalized spacial score (nSPS) is 12.3. The number of hydrogen-bond acceptors (Lipinski definition) is 2. The first-order valence-corrected chi connectivity index (χ1v) is 6.98. The van der Waals surface area contributed by atoms with Gasteiger partial charge in [0.25, 0.3) is 0 Å². The van der Waals surface area contributed by atoms with Gasteiger partial charge >= 0.3 is 0 Å². The number of anilines is 1. The summed E-state index contributed by atoms with van der Waals surface area (Å²) in [6.07, 6.45) is 1.71. The minimum absolute atomic E-state index is 0.00185. The van der Waals surface area contributed by atoms with Crippen LogP contribution in [0.1, 0.15) is 24.1 Å². The second kappa shape index (κ2) is 5.88. The molecule has 2 rings (SSSR count). The van der Waals surface area contributed by atoms with E-state index in [0.29, 0.717) is 9.63 Å². The van der Waals surface area contributed by atoms with E-state index in [4.69, 9.17) is 11.6 Å². The molecule has 2 aromatic rings. The van der Waals surface area contributed by atoms with Gasteiger partial charge in [0.05, 0.1) is 10.2 Å². The number of aryl methyl sites for hydroxylation is 1. The van der Waals surface area contributed by atoms with Gasteiger partial charge in [-0.25, -0.2) is 9.37 Å². The monoisotopic (exact) mass is 342 g/mol. The molecule has 0 amide bonds. The first-order valence-electron chi connectivity index (χ1n) is 5.81. The Hall–Kier alpha value is -1.13. The van der Waals surface area contributed by atoms with Crippen molar-refractivity contribution in [1.82, 2.24) is 4.98 Å². The van der Waals surface area contributed by atoms with Gasteiger partial charge in [-0.2, -0.15) is 0 Å². The number of aromatic nitrogens is 1. The van der Waals surface area contributed by atoms with E-state index in [2.05, 4.69) is 26.2 Å². The molecular weight excluding hydrogens is 331 g/mol. The van der Waals surface area contributed by atoms with Crippen LogP contribution in [0.4, 0.5) is 10.1 Å². The van der Waals surface area contributed by atoms with Gasteiger partial charge in [0.2, 0.25) is 0 Å². The first-order chi connectivity index (χ1) is 8.97. The number of nitrogens with zero attached hydrogens (tertiary/aromatic N) is 1. The highest BCUT2D eigenvalue weighted by molar-refractivity contribution is 9.10. The van der Waals surface area contributed by atoms with Crippen molar-refractivity contribution in [1.29, 1.82) is 0 Å². The van der Waals surface area contributed by atoms with Crippen LogP contribution in [0.2, 0.25) is 5.15 Å². The number of halogens is 3. The summed E-state index contributed by atoms with van der Waals surface area (Å²) in [7, 11) is 0. The fourth-order valence-corrected chi connectivity index (χ4v) is 2.31. The Bertz CT molecular complexity index is 604. The average Bonchev–Trinajstić information content (AvgIpc) is 2.37. The minimum atomic E-state index is -0.272. The van der Waals surface area contributed by atoms with Crippen molar-refractivity contribution < 1.29 is 4.39 Å². The Balaban J connectivity index is 2.22. The summed E-state index contributed by atoms with van der Waals surface area (Å²) in [5.74, 6) is -0.272. The lowest BCUT2D eigenvalue weighted by atomic mass is 10.1. The molecule has 0 radical (unpaired) electrons. The molecule has 1 aromatic carbocycles. The molecular formula is C14H13BrClFN2. The van der Waals surface area contributed by atoms with Gasteiger partial charge in [-0.1, -0.05) is 17.7 Å². The lowest BCUT2D eigenvalue weighted by Crippen LogP contribution is -2.08. The third-order valence-electron chi connectivity index (χ3n) is 2.79. The second-order valence-corrected chi connectivity index (χ2v) is 5.60. The van der Waals surface area contributed by atoms with Crippen LogP contribution in [-0.2, 0) is 0 Å². The molecule has 1 N–H and O–H groups in total. The molecule has 19 heavy (non-hydrogen) atoms. The summed E-state index contributed by atoms with van der Waals surface area (Å²) in [6.45, 7) is 3.94. The molecule has 0 bridgehead atoms. The van der Waals surface area contributed by atoms with Crippen molar-refractivity contribution >= 4 is 33.2 Å². The molecule has 1 unspecified atom stereocenters. The summed E-state index contributed by atoms with van der Waals surface area (Å²) in [5, 5.41) is 3.71. The topological polar surface area (TPSA) is 24.9 Å². The average molecular weight is 344 g/mol. The van der Waals surface area contributed by atoms with E-state index < -0.39 is 0 Å². The van der Waals surface area contributed by atoms with Crippen molar-refractivity contribution in [3.8, 4) is 0 Å². The third-order valence-corrected chi connectivity index (χ3v) is 3.70. The van der Waals surface area contributed by atoms with Crippen molar-refractivity contribution in [2.24, 2.45) is 0 Å². The lowest BCUT2D eigenvalue weighted by molar-refractivity contribution is 0.619. The molecule has 100 valence electrons. The highest BCUT2D eigenvalue weighted by Gasteiger charge is 2.10. The van der Waals surface area contributed by atoms with E-state index in [0.717, 1.165) is 16.8 Å². The van der Waals surface area contributed by atoms with Crippen LogP contribution in [0.25, 0.3) is 0 Å². The van der Waals surface area contributed by atoms with E-state index in [1.165, 1.54) is 6.07 Å². The Morgan fingerprint density at radius 2 is 2.11 bits per heavy atom. The van der Waals surface area contributed by atoms with Gasteiger partial charge < -0.3 is 5.32 Å². The van der Waals surface area contributed by atoms with Crippen LogP contribution in [0, 0.1) is 12.7 Å². The summed E-state index contributed by atoms with van der Waals surface area (Å²) in [5.41, 5.74) is 2.76. The van der Waals surface area contributed by atoms with Gasteiger partial charge in [0.15, 0.2) is 5.15 Å². The van der Waals surface area contributed by atoms with E-state index in [1.54, 1.807) is 18.3 Å². The molecule has 2 nitrogen and oxygen atoms in total. The van der Waals surface area contributed by atoms with Crippen LogP contribution in [0.5, 0.6) is 0 Å². The van der Waals surface area contributed by atoms with Crippen LogP contribution in [0.15, 0.2) is 34.9 Å². The second-order valence-electron chi connectivity index (χ2n) is 4.39. The standard InChI is InChI=1S/C14H13BrClFN2/c1-8-5-13(14(16)18-7-8)19-9(2)10-3-4-12(17)11(15)6-10/h3-7,9,19H,1-2H3. The zero-order valence-electron chi connectivity index (χ0n) is 10.5. The molecule has 0 saturated carbocycles. The fourth-order valence-electron chi connectivity index (χ4n) is 1.75. The number of benzene rings is 1. The smallest absolute Gasteiger partial charge is 0.152 e. The van der Waals surface area contributed by atoms with Crippen LogP contribution in [0.3, 0.4) is 0 Å². The van der Waals surface area contributed by atoms with Gasteiger partial charge in [-0.15, -0.1) is 0 Å². The Kier molecular flexibility index (Phi) is 4.42. The molecule has 0 saturated heterocycles. The summed E-state index contributed by atoms with van der Waals surface area (Å²) >= 11 is 9.23. The quantitative estimate of drug-likeness (QED) is 0.783. The molecule has 0 spiro atoms. The largest absolute Gasteiger partial charge is 0.376 e. The number of pyridine rings is 1. The predicted octanol–water partition coefficient (Wildman–Crippen LogP) is 5.12. The number of nitrogens with one attached hydrogen (secondary N) is 1. The van der Waals surface area contributed by atoms with Gasteiger partial charge in [0, 0.05) is 12.2 Å². The fraction of sp³-hybridized carbons (Fsp3) is 0.214. The highest BCUT2D eigenvalue weighted by atomic mass is 79.9. The maximum Gasteiger partial charge on any atom is 0.152 e. The van der Waals surface area contributed by atoms with Crippen molar-refractivity contribution in [2.45, 2.75) is 19.9 Å². The van der Waals surface area contributed by atoms with Crippen LogP contribution < -0.4 is 5.32 Å². The van der Waals surface area contributed by atoms with Crippen molar-refractivity contribution in [2.75, 3.05) is 5.32 Å². The van der Waals surface area contributed by atoms with Crippen molar-refractivity contribution in [3.05, 3.63) is 57.0 Å². The van der Waals surface area contributed by atoms with Gasteiger partial charge in [-0.05, 0) is 59.1 Å². The zero-order chi connectivity index (χ0) is 14.0. The Morgan fingerprint density at radius 3 is 2.79 bits per heavy atom. The zero-order valence-corrected chi connectivity index (χ0v) is 12.9. The van der Waals surface area contributed by atoms with Gasteiger partial charge in [0.1, 0.15) is 5.82 Å². The SMILES string of the molecule is Cc1cnc(Cl)c(NC(C)c2ccc(F)c(Br)c2)c1. The van der Waals surface area contributed by atoms with E-state index in [-0.39, 0.29) is 11.9 Å². The molecule has 5 heteroatoms. The summed E-state index contributed by atoms with van der Waals surface area (Å²) < 4.78 is 13.7. The predicted molar refractivity (Wildman–Crippen MR) is 80.1 cm³/mol. The first kappa shape index (κ1) is 14.3. The molecule has 1 aromatic heterocycles. The lowest BCUT2D eigenvalue weighted by Gasteiger charge is -2.17. The minimum Gasteiger partial charge on any atom is -0.376 e. The molecule has 0 aliphatic heterocycles. The van der Waals surface area contributed by atoms with Crippen LogP contribution in [-0.4, -0.2) is 4.98 Å². The Morgan fingerprint density at radius 1 is 1.37 bits per heavy atom. The highest BCUT2D eigenvalue weighted by Crippen LogP contribution is 2.27. The maximum absolute atomic E-state index is 13.2. The van der Waals surface area contributed by atoms with E-state index in [9.17, 15) is 4.39 Å². The maximum atomic E-state index is 13.2. The Labute approximate surface area is 125 Å². The van der Waals surface area contributed by atoms with E-state index >= 15 is 0 Å². The number of rotatable bonds is 3. The summed E-state index contributed by atoms with van der Waals surface area (Å²) in [6, 6.07) is 6.87. The molecule has 0 aliphatic carbocycles. The molecule has 1 atom stereocenters. The van der Waals surface area contributed by atoms with Crippen molar-refractivity contribution in [3.63, 3.8) is 0 Å². The molecule has 0 aliphatic rings. The van der Waals surface area contributed by atoms with E-state index in [1.807, 2.05) is 19.9 Å². The van der Waals surface area contributed by atoms with Crippen LogP contribution >= 0.6 is 27.5 Å². The molecule has 1 heterocycles. The molecule has 0 fully saturated rings. The third kappa shape index (κ3) is 3.45. The summed E-state index contributed by atoms with van der Waals surface area (Å²) in [4.78, 5) is 4.09.